The molecular weight excluding hydrogens is 406 g/mol. The average molecular weight is 436 g/mol. The summed E-state index contributed by atoms with van der Waals surface area (Å²) in [6, 6.07) is 14.9. The lowest BCUT2D eigenvalue weighted by atomic mass is 10.1. The van der Waals surface area contributed by atoms with Crippen LogP contribution in [0.3, 0.4) is 0 Å². The van der Waals surface area contributed by atoms with E-state index >= 15 is 0 Å². The molecule has 0 unspecified atom stereocenters. The maximum atomic E-state index is 12.8. The largest absolute Gasteiger partial charge is 0.339 e. The number of carbonyl (C=O) groups is 1. The van der Waals surface area contributed by atoms with Gasteiger partial charge in [0.15, 0.2) is 5.16 Å². The molecule has 0 atom stereocenters. The van der Waals surface area contributed by atoms with Gasteiger partial charge >= 0.3 is 0 Å². The van der Waals surface area contributed by atoms with Crippen LogP contribution in [0.2, 0.25) is 0 Å². The van der Waals surface area contributed by atoms with Crippen LogP contribution in [-0.4, -0.2) is 62.4 Å². The van der Waals surface area contributed by atoms with Crippen molar-refractivity contribution < 1.29 is 4.79 Å². The Labute approximate surface area is 188 Å². The predicted molar refractivity (Wildman–Crippen MR) is 125 cm³/mol. The molecule has 0 bridgehead atoms. The van der Waals surface area contributed by atoms with Crippen molar-refractivity contribution in [1.82, 2.24) is 24.6 Å². The number of hydrogen-bond donors (Lipinski definition) is 0. The van der Waals surface area contributed by atoms with Gasteiger partial charge < -0.3 is 4.90 Å². The summed E-state index contributed by atoms with van der Waals surface area (Å²) in [5.41, 5.74) is 6.12. The minimum Gasteiger partial charge on any atom is -0.339 e. The molecular formula is C24H29N5OS. The summed E-state index contributed by atoms with van der Waals surface area (Å²) in [4.78, 5) is 17.2. The van der Waals surface area contributed by atoms with E-state index in [1.165, 1.54) is 34.0 Å². The molecule has 2 aromatic carbocycles. The van der Waals surface area contributed by atoms with Crippen molar-refractivity contribution >= 4 is 17.7 Å². The molecule has 3 aromatic rings. The monoisotopic (exact) mass is 435 g/mol. The zero-order chi connectivity index (χ0) is 21.8. The molecule has 1 amide bonds. The Morgan fingerprint density at radius 3 is 2.55 bits per heavy atom. The topological polar surface area (TPSA) is 54.3 Å². The first-order valence-electron chi connectivity index (χ1n) is 10.7. The highest BCUT2D eigenvalue weighted by atomic mass is 32.2. The van der Waals surface area contributed by atoms with Crippen LogP contribution in [0.1, 0.15) is 22.3 Å². The van der Waals surface area contributed by atoms with Gasteiger partial charge in [0.1, 0.15) is 6.33 Å². The summed E-state index contributed by atoms with van der Waals surface area (Å²) >= 11 is 1.45. The molecule has 0 saturated carbocycles. The Morgan fingerprint density at radius 2 is 1.81 bits per heavy atom. The summed E-state index contributed by atoms with van der Waals surface area (Å²) in [7, 11) is 0. The van der Waals surface area contributed by atoms with E-state index in [0.717, 1.165) is 43.6 Å². The molecule has 1 aliphatic rings. The molecule has 0 N–H and O–H groups in total. The van der Waals surface area contributed by atoms with Crippen LogP contribution in [0.5, 0.6) is 0 Å². The number of hydrogen-bond acceptors (Lipinski definition) is 5. The second-order valence-electron chi connectivity index (χ2n) is 8.19. The van der Waals surface area contributed by atoms with E-state index in [2.05, 4.69) is 78.3 Å². The fourth-order valence-corrected chi connectivity index (χ4v) is 4.65. The van der Waals surface area contributed by atoms with Crippen LogP contribution in [0.15, 0.2) is 53.9 Å². The number of aromatic nitrogens is 3. The standard InChI is InChI=1S/C24H29N5OS/c1-18-5-4-6-21(13-18)15-27-9-11-28(12-10-27)23(30)16-31-24-26-25-17-29(24)22-8-7-19(2)20(3)14-22/h4-8,13-14,17H,9-12,15-16H2,1-3H3. The summed E-state index contributed by atoms with van der Waals surface area (Å²) in [6.07, 6.45) is 1.71. The summed E-state index contributed by atoms with van der Waals surface area (Å²) in [6.45, 7) is 10.6. The highest BCUT2D eigenvalue weighted by molar-refractivity contribution is 7.99. The third-order valence-corrected chi connectivity index (χ3v) is 6.75. The van der Waals surface area contributed by atoms with Crippen molar-refractivity contribution in [2.24, 2.45) is 0 Å². The van der Waals surface area contributed by atoms with Crippen LogP contribution in [0, 0.1) is 20.8 Å². The van der Waals surface area contributed by atoms with Crippen LogP contribution in [0.4, 0.5) is 0 Å². The van der Waals surface area contributed by atoms with E-state index < -0.39 is 0 Å². The number of carbonyl (C=O) groups excluding carboxylic acids is 1. The van der Waals surface area contributed by atoms with E-state index in [4.69, 9.17) is 0 Å². The summed E-state index contributed by atoms with van der Waals surface area (Å²) < 4.78 is 1.95. The Morgan fingerprint density at radius 1 is 1.00 bits per heavy atom. The zero-order valence-electron chi connectivity index (χ0n) is 18.4. The average Bonchev–Trinajstić information content (AvgIpc) is 3.23. The first-order valence-corrected chi connectivity index (χ1v) is 11.6. The van der Waals surface area contributed by atoms with Crippen molar-refractivity contribution in [3.63, 3.8) is 0 Å². The molecule has 1 saturated heterocycles. The Bertz CT molecular complexity index is 1060. The number of rotatable bonds is 6. The van der Waals surface area contributed by atoms with Gasteiger partial charge in [0, 0.05) is 38.4 Å². The number of amides is 1. The molecule has 2 heterocycles. The van der Waals surface area contributed by atoms with Gasteiger partial charge in [0.05, 0.1) is 5.75 Å². The van der Waals surface area contributed by atoms with Gasteiger partial charge in [-0.1, -0.05) is 47.7 Å². The maximum absolute atomic E-state index is 12.8. The molecule has 6 nitrogen and oxygen atoms in total. The van der Waals surface area contributed by atoms with Crippen molar-refractivity contribution in [2.75, 3.05) is 31.9 Å². The molecule has 4 rings (SSSR count). The first-order chi connectivity index (χ1) is 15.0. The fraction of sp³-hybridized carbons (Fsp3) is 0.375. The Balaban J connectivity index is 1.29. The minimum atomic E-state index is 0.162. The number of piperazine rings is 1. The van der Waals surface area contributed by atoms with Crippen molar-refractivity contribution in [3.05, 3.63) is 71.0 Å². The molecule has 7 heteroatoms. The highest BCUT2D eigenvalue weighted by Gasteiger charge is 2.22. The van der Waals surface area contributed by atoms with Crippen LogP contribution >= 0.6 is 11.8 Å². The smallest absolute Gasteiger partial charge is 0.233 e. The lowest BCUT2D eigenvalue weighted by Crippen LogP contribution is -2.48. The van der Waals surface area contributed by atoms with Gasteiger partial charge in [-0.05, 0) is 49.6 Å². The molecule has 0 radical (unpaired) electrons. The minimum absolute atomic E-state index is 0.162. The van der Waals surface area contributed by atoms with E-state index in [9.17, 15) is 4.79 Å². The van der Waals surface area contributed by atoms with Crippen LogP contribution < -0.4 is 0 Å². The predicted octanol–water partition coefficient (Wildman–Crippen LogP) is 3.63. The second kappa shape index (κ2) is 9.66. The van der Waals surface area contributed by atoms with Gasteiger partial charge in [0.25, 0.3) is 0 Å². The number of thioether (sulfide) groups is 1. The third kappa shape index (κ3) is 5.35. The van der Waals surface area contributed by atoms with Crippen molar-refractivity contribution in [2.45, 2.75) is 32.5 Å². The first kappa shape index (κ1) is 21.6. The van der Waals surface area contributed by atoms with Gasteiger partial charge in [-0.25, -0.2) is 0 Å². The van der Waals surface area contributed by atoms with E-state index in [-0.39, 0.29) is 5.91 Å². The molecule has 1 fully saturated rings. The second-order valence-corrected chi connectivity index (χ2v) is 9.13. The lowest BCUT2D eigenvalue weighted by Gasteiger charge is -2.34. The van der Waals surface area contributed by atoms with Gasteiger partial charge in [-0.2, -0.15) is 0 Å². The summed E-state index contributed by atoms with van der Waals surface area (Å²) in [5.74, 6) is 0.538. The molecule has 162 valence electrons. The number of nitrogens with zero attached hydrogens (tertiary/aromatic N) is 5. The van der Waals surface area contributed by atoms with Crippen molar-refractivity contribution in [1.29, 1.82) is 0 Å². The molecule has 0 aliphatic carbocycles. The van der Waals surface area contributed by atoms with Crippen LogP contribution in [-0.2, 0) is 11.3 Å². The molecule has 0 spiro atoms. The van der Waals surface area contributed by atoms with E-state index in [1.807, 2.05) is 9.47 Å². The maximum Gasteiger partial charge on any atom is 0.233 e. The summed E-state index contributed by atoms with van der Waals surface area (Å²) in [5, 5.41) is 9.03. The quantitative estimate of drug-likeness (QED) is 0.554. The van der Waals surface area contributed by atoms with Gasteiger partial charge in [-0.15, -0.1) is 10.2 Å². The van der Waals surface area contributed by atoms with Gasteiger partial charge in [0.2, 0.25) is 5.91 Å². The molecule has 1 aliphatic heterocycles. The fourth-order valence-electron chi connectivity index (χ4n) is 3.82. The lowest BCUT2D eigenvalue weighted by molar-refractivity contribution is -0.130. The SMILES string of the molecule is Cc1cccc(CN2CCN(C(=O)CSc3nncn3-c3ccc(C)c(C)c3)CC2)c1. The zero-order valence-corrected chi connectivity index (χ0v) is 19.2. The van der Waals surface area contributed by atoms with Crippen LogP contribution in [0.25, 0.3) is 5.69 Å². The normalized spacial score (nSPS) is 14.7. The van der Waals surface area contributed by atoms with E-state index in [1.54, 1.807) is 6.33 Å². The molecule has 1 aromatic heterocycles. The Hall–Kier alpha value is -2.64. The molecule has 31 heavy (non-hydrogen) atoms. The number of aryl methyl sites for hydroxylation is 3. The van der Waals surface area contributed by atoms with E-state index in [0.29, 0.717) is 5.75 Å². The Kier molecular flexibility index (Phi) is 6.73. The van der Waals surface area contributed by atoms with Crippen molar-refractivity contribution in [3.8, 4) is 5.69 Å². The number of benzene rings is 2. The van der Waals surface area contributed by atoms with Gasteiger partial charge in [-0.3, -0.25) is 14.3 Å². The highest BCUT2D eigenvalue weighted by Crippen LogP contribution is 2.22. The third-order valence-electron chi connectivity index (χ3n) is 5.82.